The highest BCUT2D eigenvalue weighted by molar-refractivity contribution is 7.99. The largest absolute Gasteiger partial charge is 0.493 e. The normalized spacial score (nSPS) is 17.2. The van der Waals surface area contributed by atoms with Crippen molar-refractivity contribution in [2.24, 2.45) is 0 Å². The van der Waals surface area contributed by atoms with E-state index in [2.05, 4.69) is 15.5 Å². The second kappa shape index (κ2) is 8.80. The van der Waals surface area contributed by atoms with Gasteiger partial charge in [-0.1, -0.05) is 16.8 Å². The number of hydrogen-bond donors (Lipinski definition) is 1. The average Bonchev–Trinajstić information content (AvgIpc) is 3.03. The fraction of sp³-hybridized carbons (Fsp3) is 0.467. The molecule has 3 rings (SSSR count). The number of methoxy groups -OCH3 is 2. The quantitative estimate of drug-likeness (QED) is 0.839. The molecule has 0 bridgehead atoms. The van der Waals surface area contributed by atoms with E-state index in [1.165, 1.54) is 0 Å². The van der Waals surface area contributed by atoms with Crippen LogP contribution < -0.4 is 14.8 Å². The Bertz CT molecular complexity index is 678. The fourth-order valence-corrected chi connectivity index (χ4v) is 3.70. The Kier molecular flexibility index (Phi) is 7.03. The predicted octanol–water partition coefficient (Wildman–Crippen LogP) is 3.08. The van der Waals surface area contributed by atoms with Crippen LogP contribution >= 0.6 is 35.8 Å². The Balaban J connectivity index is 0.00000208. The molecule has 1 saturated heterocycles. The van der Waals surface area contributed by atoms with E-state index in [-0.39, 0.29) is 12.4 Å². The van der Waals surface area contributed by atoms with E-state index in [9.17, 15) is 0 Å². The smallest absolute Gasteiger partial charge is 0.228 e. The van der Waals surface area contributed by atoms with E-state index in [4.69, 9.17) is 25.6 Å². The zero-order valence-corrected chi connectivity index (χ0v) is 15.8. The molecule has 0 radical (unpaired) electrons. The van der Waals surface area contributed by atoms with Gasteiger partial charge in [0, 0.05) is 36.1 Å². The van der Waals surface area contributed by atoms with Crippen molar-refractivity contribution in [1.29, 1.82) is 0 Å². The molecule has 1 unspecified atom stereocenters. The third kappa shape index (κ3) is 4.27. The molecule has 0 spiro atoms. The second-order valence-electron chi connectivity index (χ2n) is 5.14. The average molecular weight is 392 g/mol. The van der Waals surface area contributed by atoms with Crippen molar-refractivity contribution >= 4 is 35.8 Å². The molecule has 2 aromatic rings. The van der Waals surface area contributed by atoms with Crippen LogP contribution in [0, 0.1) is 0 Å². The summed E-state index contributed by atoms with van der Waals surface area (Å²) in [6.07, 6.45) is 0.723. The van der Waals surface area contributed by atoms with Crippen molar-refractivity contribution in [2.45, 2.75) is 12.5 Å². The molecular formula is C15H19Cl2N3O3S. The molecule has 132 valence electrons. The van der Waals surface area contributed by atoms with Crippen LogP contribution in [0.5, 0.6) is 11.5 Å². The van der Waals surface area contributed by atoms with Gasteiger partial charge in [0.25, 0.3) is 0 Å². The van der Waals surface area contributed by atoms with Gasteiger partial charge < -0.3 is 19.3 Å². The number of hydrogen-bond acceptors (Lipinski definition) is 7. The van der Waals surface area contributed by atoms with Gasteiger partial charge in [-0.3, -0.25) is 0 Å². The van der Waals surface area contributed by atoms with Crippen LogP contribution in [-0.2, 0) is 6.42 Å². The highest BCUT2D eigenvalue weighted by Crippen LogP contribution is 2.38. The number of thioether (sulfide) groups is 1. The lowest BCUT2D eigenvalue weighted by Crippen LogP contribution is -2.38. The third-order valence-corrected chi connectivity index (χ3v) is 4.99. The molecule has 1 aromatic heterocycles. The number of rotatable bonds is 5. The van der Waals surface area contributed by atoms with Crippen LogP contribution in [0.25, 0.3) is 11.4 Å². The molecule has 24 heavy (non-hydrogen) atoms. The van der Waals surface area contributed by atoms with Crippen molar-refractivity contribution in [1.82, 2.24) is 15.5 Å². The summed E-state index contributed by atoms with van der Waals surface area (Å²) < 4.78 is 15.9. The monoisotopic (exact) mass is 391 g/mol. The first-order valence-electron chi connectivity index (χ1n) is 7.27. The Morgan fingerprint density at radius 3 is 2.88 bits per heavy atom. The highest BCUT2D eigenvalue weighted by atomic mass is 35.5. The fourth-order valence-electron chi connectivity index (χ4n) is 2.46. The van der Waals surface area contributed by atoms with Crippen molar-refractivity contribution < 1.29 is 14.0 Å². The van der Waals surface area contributed by atoms with Gasteiger partial charge in [-0.25, -0.2) is 0 Å². The third-order valence-electron chi connectivity index (χ3n) is 3.58. The maximum atomic E-state index is 6.22. The van der Waals surface area contributed by atoms with E-state index in [1.807, 2.05) is 11.8 Å². The number of halogens is 2. The van der Waals surface area contributed by atoms with Crippen LogP contribution in [0.15, 0.2) is 16.7 Å². The Hall–Kier alpha value is -1.15. The van der Waals surface area contributed by atoms with E-state index in [0.29, 0.717) is 34.3 Å². The van der Waals surface area contributed by atoms with Gasteiger partial charge >= 0.3 is 0 Å². The van der Waals surface area contributed by atoms with E-state index in [1.54, 1.807) is 26.4 Å². The summed E-state index contributed by atoms with van der Waals surface area (Å²) in [4.78, 5) is 4.46. The Labute approximate surface area is 156 Å². The molecule has 1 N–H and O–H groups in total. The van der Waals surface area contributed by atoms with E-state index in [0.717, 1.165) is 30.0 Å². The first-order chi connectivity index (χ1) is 11.2. The first kappa shape index (κ1) is 19.2. The summed E-state index contributed by atoms with van der Waals surface area (Å²) in [5, 5.41) is 7.94. The van der Waals surface area contributed by atoms with Crippen LogP contribution in [0.3, 0.4) is 0 Å². The standard InChI is InChI=1S/C15H18ClN3O3S.ClH/c1-20-12-6-9(5-11(16)14(12)21-2)15-18-13(22-19-15)7-10-8-23-4-3-17-10;/h5-6,10,17H,3-4,7-8H2,1-2H3;1H. The lowest BCUT2D eigenvalue weighted by Gasteiger charge is -2.21. The highest BCUT2D eigenvalue weighted by Gasteiger charge is 2.19. The number of benzene rings is 1. The van der Waals surface area contributed by atoms with E-state index >= 15 is 0 Å². The minimum atomic E-state index is 0. The van der Waals surface area contributed by atoms with Crippen LogP contribution in [-0.4, -0.2) is 48.5 Å². The van der Waals surface area contributed by atoms with Gasteiger partial charge in [-0.2, -0.15) is 16.7 Å². The number of nitrogens with one attached hydrogen (secondary N) is 1. The minimum Gasteiger partial charge on any atom is -0.493 e. The van der Waals surface area contributed by atoms with Gasteiger partial charge in [0.2, 0.25) is 11.7 Å². The van der Waals surface area contributed by atoms with Gasteiger partial charge in [-0.05, 0) is 12.1 Å². The lowest BCUT2D eigenvalue weighted by molar-refractivity contribution is 0.355. The molecule has 1 aromatic carbocycles. The van der Waals surface area contributed by atoms with Crippen molar-refractivity contribution in [3.8, 4) is 22.9 Å². The number of nitrogens with zero attached hydrogens (tertiary/aromatic N) is 2. The molecule has 9 heteroatoms. The minimum absolute atomic E-state index is 0. The summed E-state index contributed by atoms with van der Waals surface area (Å²) in [7, 11) is 3.11. The molecule has 0 amide bonds. The van der Waals surface area contributed by atoms with Crippen molar-refractivity contribution in [3.63, 3.8) is 0 Å². The van der Waals surface area contributed by atoms with Gasteiger partial charge in [0.1, 0.15) is 0 Å². The summed E-state index contributed by atoms with van der Waals surface area (Å²) in [5.74, 6) is 4.34. The molecule has 1 aliphatic heterocycles. The van der Waals surface area contributed by atoms with Gasteiger partial charge in [0.05, 0.1) is 19.2 Å². The lowest BCUT2D eigenvalue weighted by atomic mass is 10.2. The maximum Gasteiger partial charge on any atom is 0.228 e. The van der Waals surface area contributed by atoms with Crippen LogP contribution in [0.4, 0.5) is 0 Å². The first-order valence-corrected chi connectivity index (χ1v) is 8.80. The van der Waals surface area contributed by atoms with Gasteiger partial charge in [-0.15, -0.1) is 12.4 Å². The molecule has 6 nitrogen and oxygen atoms in total. The van der Waals surface area contributed by atoms with Crippen molar-refractivity contribution in [3.05, 3.63) is 23.0 Å². The summed E-state index contributed by atoms with van der Waals surface area (Å²) in [5.41, 5.74) is 0.730. The topological polar surface area (TPSA) is 69.4 Å². The van der Waals surface area contributed by atoms with Crippen LogP contribution in [0.2, 0.25) is 5.02 Å². The zero-order valence-electron chi connectivity index (χ0n) is 13.4. The van der Waals surface area contributed by atoms with Crippen LogP contribution in [0.1, 0.15) is 5.89 Å². The molecule has 1 aliphatic rings. The molecule has 0 aliphatic carbocycles. The summed E-state index contributed by atoms with van der Waals surface area (Å²) in [6, 6.07) is 3.90. The molecular weight excluding hydrogens is 373 g/mol. The number of aromatic nitrogens is 2. The van der Waals surface area contributed by atoms with Crippen molar-refractivity contribution in [2.75, 3.05) is 32.3 Å². The Morgan fingerprint density at radius 1 is 1.38 bits per heavy atom. The van der Waals surface area contributed by atoms with Gasteiger partial charge in [0.15, 0.2) is 11.5 Å². The molecule has 0 saturated carbocycles. The van der Waals surface area contributed by atoms with E-state index < -0.39 is 0 Å². The predicted molar refractivity (Wildman–Crippen MR) is 97.9 cm³/mol. The molecule has 2 heterocycles. The maximum absolute atomic E-state index is 6.22. The zero-order chi connectivity index (χ0) is 16.2. The molecule has 1 atom stereocenters. The summed E-state index contributed by atoms with van der Waals surface area (Å²) in [6.45, 7) is 1.02. The number of ether oxygens (including phenoxy) is 2. The SMILES string of the molecule is COc1cc(-c2noc(CC3CSCCN3)n2)cc(Cl)c1OC.Cl. The Morgan fingerprint density at radius 2 is 2.21 bits per heavy atom. The summed E-state index contributed by atoms with van der Waals surface area (Å²) >= 11 is 8.16. The molecule has 1 fully saturated rings. The second-order valence-corrected chi connectivity index (χ2v) is 6.69.